The molecule has 0 aliphatic carbocycles. The Hall–Kier alpha value is -2.82. The van der Waals surface area contributed by atoms with Crippen molar-refractivity contribution >= 4 is 5.69 Å². The zero-order valence-corrected chi connectivity index (χ0v) is 13.2. The van der Waals surface area contributed by atoms with Crippen molar-refractivity contribution in [2.45, 2.75) is 12.8 Å². The summed E-state index contributed by atoms with van der Waals surface area (Å²) in [6.07, 6.45) is 0. The SMILES string of the molecule is COc1ccccc1-c1nnc2n1-c1ccccc1NCC2C. The van der Waals surface area contributed by atoms with E-state index in [-0.39, 0.29) is 5.92 Å². The van der Waals surface area contributed by atoms with Gasteiger partial charge in [0.2, 0.25) is 0 Å². The number of aromatic nitrogens is 3. The summed E-state index contributed by atoms with van der Waals surface area (Å²) in [6, 6.07) is 16.2. The van der Waals surface area contributed by atoms with E-state index in [4.69, 9.17) is 4.74 Å². The minimum absolute atomic E-state index is 0.262. The first-order valence-corrected chi connectivity index (χ1v) is 7.71. The van der Waals surface area contributed by atoms with Crippen LogP contribution in [0, 0.1) is 0 Å². The smallest absolute Gasteiger partial charge is 0.172 e. The van der Waals surface area contributed by atoms with Crippen LogP contribution < -0.4 is 10.1 Å². The average molecular weight is 306 g/mol. The Morgan fingerprint density at radius 3 is 2.74 bits per heavy atom. The maximum Gasteiger partial charge on any atom is 0.172 e. The van der Waals surface area contributed by atoms with Crippen molar-refractivity contribution in [1.82, 2.24) is 14.8 Å². The van der Waals surface area contributed by atoms with Crippen LogP contribution >= 0.6 is 0 Å². The van der Waals surface area contributed by atoms with E-state index in [0.717, 1.165) is 40.9 Å². The molecular formula is C18H18N4O. The Morgan fingerprint density at radius 1 is 1.09 bits per heavy atom. The highest BCUT2D eigenvalue weighted by Crippen LogP contribution is 2.36. The summed E-state index contributed by atoms with van der Waals surface area (Å²) < 4.78 is 7.65. The monoisotopic (exact) mass is 306 g/mol. The highest BCUT2D eigenvalue weighted by Gasteiger charge is 2.25. The first-order chi connectivity index (χ1) is 11.3. The molecule has 0 amide bonds. The molecule has 1 aliphatic rings. The molecule has 0 spiro atoms. The van der Waals surface area contributed by atoms with Crippen LogP contribution in [0.3, 0.4) is 0 Å². The van der Waals surface area contributed by atoms with Crippen molar-refractivity contribution in [3.8, 4) is 22.8 Å². The Balaban J connectivity index is 2.00. The van der Waals surface area contributed by atoms with Crippen LogP contribution in [0.4, 0.5) is 5.69 Å². The van der Waals surface area contributed by atoms with E-state index in [1.54, 1.807) is 7.11 Å². The zero-order valence-electron chi connectivity index (χ0n) is 13.2. The van der Waals surface area contributed by atoms with E-state index in [2.05, 4.69) is 39.1 Å². The van der Waals surface area contributed by atoms with Crippen LogP contribution in [0.1, 0.15) is 18.7 Å². The molecule has 4 rings (SSSR count). The van der Waals surface area contributed by atoms with Crippen LogP contribution in [0.25, 0.3) is 17.1 Å². The van der Waals surface area contributed by atoms with Gasteiger partial charge in [0.15, 0.2) is 5.82 Å². The van der Waals surface area contributed by atoms with E-state index < -0.39 is 0 Å². The molecule has 1 aromatic heterocycles. The maximum absolute atomic E-state index is 5.51. The lowest BCUT2D eigenvalue weighted by atomic mass is 10.1. The summed E-state index contributed by atoms with van der Waals surface area (Å²) >= 11 is 0. The molecule has 2 heterocycles. The van der Waals surface area contributed by atoms with Gasteiger partial charge in [-0.15, -0.1) is 10.2 Å². The number of fused-ring (bicyclic) bond motifs is 3. The minimum Gasteiger partial charge on any atom is -0.496 e. The number of para-hydroxylation sites is 3. The fourth-order valence-corrected chi connectivity index (χ4v) is 3.03. The number of nitrogens with zero attached hydrogens (tertiary/aromatic N) is 3. The van der Waals surface area contributed by atoms with E-state index in [9.17, 15) is 0 Å². The lowest BCUT2D eigenvalue weighted by Crippen LogP contribution is -2.09. The zero-order chi connectivity index (χ0) is 15.8. The molecule has 116 valence electrons. The number of nitrogens with one attached hydrogen (secondary N) is 1. The second-order valence-electron chi connectivity index (χ2n) is 5.72. The van der Waals surface area contributed by atoms with Gasteiger partial charge < -0.3 is 10.1 Å². The number of anilines is 1. The van der Waals surface area contributed by atoms with Gasteiger partial charge in [0.25, 0.3) is 0 Å². The average Bonchev–Trinajstić information content (AvgIpc) is 2.99. The van der Waals surface area contributed by atoms with Gasteiger partial charge >= 0.3 is 0 Å². The fraction of sp³-hybridized carbons (Fsp3) is 0.222. The molecule has 0 bridgehead atoms. The molecule has 0 fully saturated rings. The van der Waals surface area contributed by atoms with Crippen LogP contribution in [-0.2, 0) is 0 Å². The number of hydrogen-bond acceptors (Lipinski definition) is 4. The molecule has 1 aliphatic heterocycles. The van der Waals surface area contributed by atoms with Crippen molar-refractivity contribution in [1.29, 1.82) is 0 Å². The van der Waals surface area contributed by atoms with Crippen molar-refractivity contribution in [3.05, 3.63) is 54.4 Å². The quantitative estimate of drug-likeness (QED) is 0.787. The van der Waals surface area contributed by atoms with Gasteiger partial charge in [0.05, 0.1) is 24.0 Å². The second-order valence-corrected chi connectivity index (χ2v) is 5.72. The molecule has 1 N–H and O–H groups in total. The molecule has 23 heavy (non-hydrogen) atoms. The molecule has 0 saturated heterocycles. The molecule has 0 radical (unpaired) electrons. The van der Waals surface area contributed by atoms with Crippen molar-refractivity contribution in [2.24, 2.45) is 0 Å². The van der Waals surface area contributed by atoms with Gasteiger partial charge in [0, 0.05) is 12.5 Å². The number of benzene rings is 2. The molecule has 0 saturated carbocycles. The highest BCUT2D eigenvalue weighted by molar-refractivity contribution is 5.71. The first kappa shape index (κ1) is 13.8. The third-order valence-electron chi connectivity index (χ3n) is 4.22. The molecule has 1 unspecified atom stereocenters. The minimum atomic E-state index is 0.262. The van der Waals surface area contributed by atoms with Crippen molar-refractivity contribution < 1.29 is 4.74 Å². The third kappa shape index (κ3) is 2.16. The van der Waals surface area contributed by atoms with Gasteiger partial charge in [-0.1, -0.05) is 31.2 Å². The van der Waals surface area contributed by atoms with Crippen LogP contribution in [0.5, 0.6) is 5.75 Å². The molecular weight excluding hydrogens is 288 g/mol. The van der Waals surface area contributed by atoms with Gasteiger partial charge in [-0.05, 0) is 24.3 Å². The molecule has 5 heteroatoms. The Bertz CT molecular complexity index is 856. The van der Waals surface area contributed by atoms with E-state index in [1.807, 2.05) is 36.4 Å². The van der Waals surface area contributed by atoms with E-state index >= 15 is 0 Å². The summed E-state index contributed by atoms with van der Waals surface area (Å²) in [6.45, 7) is 2.99. The third-order valence-corrected chi connectivity index (χ3v) is 4.22. The largest absolute Gasteiger partial charge is 0.496 e. The Kier molecular flexibility index (Phi) is 3.26. The summed E-state index contributed by atoms with van der Waals surface area (Å²) in [5.74, 6) is 2.83. The predicted molar refractivity (Wildman–Crippen MR) is 90.3 cm³/mol. The molecule has 2 aromatic carbocycles. The molecule has 5 nitrogen and oxygen atoms in total. The topological polar surface area (TPSA) is 52.0 Å². The second kappa shape index (κ2) is 5.43. The summed E-state index contributed by atoms with van der Waals surface area (Å²) in [5.41, 5.74) is 3.10. The number of methoxy groups -OCH3 is 1. The van der Waals surface area contributed by atoms with Gasteiger partial charge in [-0.2, -0.15) is 0 Å². The van der Waals surface area contributed by atoms with Gasteiger partial charge in [0.1, 0.15) is 11.6 Å². The van der Waals surface area contributed by atoms with Crippen LogP contribution in [0.15, 0.2) is 48.5 Å². The van der Waals surface area contributed by atoms with Gasteiger partial charge in [-0.3, -0.25) is 4.57 Å². The van der Waals surface area contributed by atoms with Crippen LogP contribution in [0.2, 0.25) is 0 Å². The maximum atomic E-state index is 5.51. The highest BCUT2D eigenvalue weighted by atomic mass is 16.5. The Morgan fingerprint density at radius 2 is 1.87 bits per heavy atom. The van der Waals surface area contributed by atoms with E-state index in [0.29, 0.717) is 0 Å². The summed E-state index contributed by atoms with van der Waals surface area (Å²) in [7, 11) is 1.68. The lowest BCUT2D eigenvalue weighted by Gasteiger charge is -2.13. The molecule has 1 atom stereocenters. The normalized spacial score (nSPS) is 16.0. The Labute approximate surface area is 134 Å². The number of hydrogen-bond donors (Lipinski definition) is 1. The van der Waals surface area contributed by atoms with Crippen molar-refractivity contribution in [3.63, 3.8) is 0 Å². The van der Waals surface area contributed by atoms with Crippen molar-refractivity contribution in [2.75, 3.05) is 19.0 Å². The fourth-order valence-electron chi connectivity index (χ4n) is 3.03. The summed E-state index contributed by atoms with van der Waals surface area (Å²) in [4.78, 5) is 0. The summed E-state index contributed by atoms with van der Waals surface area (Å²) in [5, 5.41) is 12.4. The standard InChI is InChI=1S/C18H18N4O/c1-12-11-19-14-8-4-5-9-15(14)22-17(12)20-21-18(22)13-7-3-6-10-16(13)23-2/h3-10,12,19H,11H2,1-2H3. The molecule has 3 aromatic rings. The predicted octanol–water partition coefficient (Wildman–Crippen LogP) is 3.47. The van der Waals surface area contributed by atoms with Crippen LogP contribution in [-0.4, -0.2) is 28.4 Å². The lowest BCUT2D eigenvalue weighted by molar-refractivity contribution is 0.416. The van der Waals surface area contributed by atoms with Gasteiger partial charge in [-0.25, -0.2) is 0 Å². The number of ether oxygens (including phenoxy) is 1. The first-order valence-electron chi connectivity index (χ1n) is 7.71. The number of rotatable bonds is 2. The van der Waals surface area contributed by atoms with E-state index in [1.165, 1.54) is 0 Å².